The molecule has 1 aliphatic rings. The molecule has 1 N–H and O–H groups in total. The molecule has 0 saturated carbocycles. The van der Waals surface area contributed by atoms with Gasteiger partial charge in [-0.15, -0.1) is 12.4 Å². The number of carbonyl (C=O) groups is 1. The average molecular weight is 470 g/mol. The van der Waals surface area contributed by atoms with Gasteiger partial charge in [-0.05, 0) is 38.3 Å². The summed E-state index contributed by atoms with van der Waals surface area (Å²) in [5, 5.41) is 9.55. The number of anilines is 1. The number of nitrogens with one attached hydrogen (secondary N) is 1. The summed E-state index contributed by atoms with van der Waals surface area (Å²) in [4.78, 5) is 18.4. The lowest BCUT2D eigenvalue weighted by atomic mass is 9.86. The second kappa shape index (κ2) is 11.1. The quantitative estimate of drug-likeness (QED) is 0.343. The van der Waals surface area contributed by atoms with E-state index in [1.165, 1.54) is 0 Å². The van der Waals surface area contributed by atoms with Gasteiger partial charge < -0.3 is 15.1 Å². The number of carbonyl (C=O) groups excluding carboxylic acids is 1. The molecule has 7 heteroatoms. The number of likely N-dealkylation sites (N-methyl/N-ethyl adjacent to an activating group) is 2. The van der Waals surface area contributed by atoms with E-state index < -0.39 is 0 Å². The minimum Gasteiger partial charge on any atom is -0.383 e. The lowest BCUT2D eigenvalue weighted by molar-refractivity contribution is 0.104. The van der Waals surface area contributed by atoms with Crippen LogP contribution in [0.15, 0.2) is 36.4 Å². The molecule has 0 atom stereocenters. The van der Waals surface area contributed by atoms with Crippen LogP contribution in [0.1, 0.15) is 43.6 Å². The van der Waals surface area contributed by atoms with Gasteiger partial charge in [0.05, 0.1) is 17.6 Å². The lowest BCUT2D eigenvalue weighted by Gasteiger charge is -2.21. The number of aromatic nitrogens is 2. The molecule has 0 aliphatic heterocycles. The molecule has 0 bridgehead atoms. The van der Waals surface area contributed by atoms with E-state index in [-0.39, 0.29) is 18.2 Å². The van der Waals surface area contributed by atoms with Gasteiger partial charge in [0.2, 0.25) is 0 Å². The van der Waals surface area contributed by atoms with Gasteiger partial charge >= 0.3 is 0 Å². The van der Waals surface area contributed by atoms with E-state index in [9.17, 15) is 4.79 Å². The third kappa shape index (κ3) is 4.79. The van der Waals surface area contributed by atoms with E-state index in [0.29, 0.717) is 0 Å². The summed E-state index contributed by atoms with van der Waals surface area (Å²) < 4.78 is 2.08. The summed E-state index contributed by atoms with van der Waals surface area (Å²) in [7, 11) is 0. The summed E-state index contributed by atoms with van der Waals surface area (Å²) in [5.41, 5.74) is 5.33. The normalized spacial score (nSPS) is 12.4. The molecule has 0 saturated heterocycles. The molecule has 0 spiro atoms. The first-order chi connectivity index (χ1) is 15.6. The maximum atomic E-state index is 13.6. The van der Waals surface area contributed by atoms with Crippen molar-refractivity contribution in [2.75, 3.05) is 51.1 Å². The van der Waals surface area contributed by atoms with Crippen LogP contribution < -0.4 is 5.32 Å². The summed E-state index contributed by atoms with van der Waals surface area (Å²) >= 11 is 0. The van der Waals surface area contributed by atoms with Crippen molar-refractivity contribution in [3.63, 3.8) is 0 Å². The molecular weight excluding hydrogens is 434 g/mol. The summed E-state index contributed by atoms with van der Waals surface area (Å²) in [6.07, 6.45) is 0. The smallest absolute Gasteiger partial charge is 0.196 e. The van der Waals surface area contributed by atoms with Crippen LogP contribution >= 0.6 is 12.4 Å². The summed E-state index contributed by atoms with van der Waals surface area (Å²) in [6, 6.07) is 12.1. The number of hydrogen-bond donors (Lipinski definition) is 1. The Labute approximate surface area is 203 Å². The summed E-state index contributed by atoms with van der Waals surface area (Å²) in [5.74, 6) is 0.0901. The molecule has 178 valence electrons. The molecule has 0 fully saturated rings. The SMILES string of the molecule is CCN(CC)CCNc1ccc2c3c(nn2CCN(CC)CC)-c2ccccc2C(=O)c13.Cl. The second-order valence-corrected chi connectivity index (χ2v) is 8.31. The zero-order valence-corrected chi connectivity index (χ0v) is 21.0. The summed E-state index contributed by atoms with van der Waals surface area (Å²) in [6.45, 7) is 16.3. The van der Waals surface area contributed by atoms with Crippen molar-refractivity contribution in [2.45, 2.75) is 34.2 Å². The van der Waals surface area contributed by atoms with Crippen LogP contribution in [-0.2, 0) is 6.54 Å². The monoisotopic (exact) mass is 469 g/mol. The fraction of sp³-hybridized carbons (Fsp3) is 0.462. The third-order valence-corrected chi connectivity index (χ3v) is 6.73. The maximum absolute atomic E-state index is 13.6. The Balaban J connectivity index is 0.00000306. The van der Waals surface area contributed by atoms with E-state index in [4.69, 9.17) is 5.10 Å². The minimum atomic E-state index is 0. The number of rotatable bonds is 11. The van der Waals surface area contributed by atoms with Crippen molar-refractivity contribution in [3.8, 4) is 11.3 Å². The van der Waals surface area contributed by atoms with Gasteiger partial charge in [0.15, 0.2) is 5.78 Å². The fourth-order valence-corrected chi connectivity index (χ4v) is 4.70. The number of fused-ring (bicyclic) bond motifs is 2. The highest BCUT2D eigenvalue weighted by Gasteiger charge is 2.30. The number of ketones is 1. The van der Waals surface area contributed by atoms with E-state index in [2.05, 4.69) is 59.6 Å². The number of hydrogen-bond acceptors (Lipinski definition) is 5. The Morgan fingerprint density at radius 3 is 2.18 bits per heavy atom. The minimum absolute atomic E-state index is 0. The molecule has 0 radical (unpaired) electrons. The zero-order chi connectivity index (χ0) is 22.7. The highest BCUT2D eigenvalue weighted by atomic mass is 35.5. The topological polar surface area (TPSA) is 53.4 Å². The lowest BCUT2D eigenvalue weighted by Crippen LogP contribution is -2.29. The van der Waals surface area contributed by atoms with Gasteiger partial charge in [-0.1, -0.05) is 52.0 Å². The Hall–Kier alpha value is -2.41. The second-order valence-electron chi connectivity index (χ2n) is 8.31. The largest absolute Gasteiger partial charge is 0.383 e. The molecule has 1 aromatic heterocycles. The van der Waals surface area contributed by atoms with Crippen LogP contribution in [0.5, 0.6) is 0 Å². The maximum Gasteiger partial charge on any atom is 0.196 e. The van der Waals surface area contributed by atoms with E-state index in [1.807, 2.05) is 24.3 Å². The average Bonchev–Trinajstić information content (AvgIpc) is 3.20. The molecule has 1 heterocycles. The van der Waals surface area contributed by atoms with Crippen LogP contribution in [0.2, 0.25) is 0 Å². The Kier molecular flexibility index (Phi) is 8.51. The van der Waals surface area contributed by atoms with E-state index in [0.717, 1.165) is 91.3 Å². The molecule has 4 rings (SSSR count). The first kappa shape index (κ1) is 25.2. The van der Waals surface area contributed by atoms with Gasteiger partial charge in [-0.2, -0.15) is 5.10 Å². The fourth-order valence-electron chi connectivity index (χ4n) is 4.70. The van der Waals surface area contributed by atoms with Gasteiger partial charge in [0.1, 0.15) is 5.69 Å². The van der Waals surface area contributed by atoms with E-state index >= 15 is 0 Å². The highest BCUT2D eigenvalue weighted by molar-refractivity contribution is 6.27. The molecule has 0 unspecified atom stereocenters. The molecule has 6 nitrogen and oxygen atoms in total. The van der Waals surface area contributed by atoms with Gasteiger partial charge in [-0.3, -0.25) is 9.48 Å². The van der Waals surface area contributed by atoms with Gasteiger partial charge in [0, 0.05) is 41.8 Å². The Bertz CT molecular complexity index is 1100. The van der Waals surface area contributed by atoms with E-state index in [1.54, 1.807) is 0 Å². The number of halogens is 1. The molecule has 1 aliphatic carbocycles. The van der Waals surface area contributed by atoms with Crippen molar-refractivity contribution in [1.82, 2.24) is 19.6 Å². The van der Waals surface area contributed by atoms with Crippen LogP contribution in [0.4, 0.5) is 5.69 Å². The molecule has 0 amide bonds. The molecule has 33 heavy (non-hydrogen) atoms. The molecule has 2 aromatic carbocycles. The van der Waals surface area contributed by atoms with Crippen LogP contribution in [0.25, 0.3) is 22.2 Å². The van der Waals surface area contributed by atoms with Crippen molar-refractivity contribution in [2.24, 2.45) is 0 Å². The van der Waals surface area contributed by atoms with Crippen LogP contribution in [0, 0.1) is 0 Å². The third-order valence-electron chi connectivity index (χ3n) is 6.73. The van der Waals surface area contributed by atoms with Gasteiger partial charge in [0.25, 0.3) is 0 Å². The molecule has 3 aromatic rings. The Morgan fingerprint density at radius 2 is 1.52 bits per heavy atom. The van der Waals surface area contributed by atoms with Crippen molar-refractivity contribution in [3.05, 3.63) is 47.5 Å². The first-order valence-corrected chi connectivity index (χ1v) is 12.0. The standard InChI is InChI=1S/C26H35N5O.ClH/c1-5-29(6-2)16-15-27-21-13-14-22-24-23(21)26(32)20-12-10-9-11-19(20)25(24)28-31(22)18-17-30(7-3)8-4;/h9-14,27H,5-8,15-18H2,1-4H3;1H. The van der Waals surface area contributed by atoms with Gasteiger partial charge in [-0.25, -0.2) is 0 Å². The van der Waals surface area contributed by atoms with Crippen molar-refractivity contribution in [1.29, 1.82) is 0 Å². The Morgan fingerprint density at radius 1 is 0.879 bits per heavy atom. The van der Waals surface area contributed by atoms with Crippen molar-refractivity contribution < 1.29 is 4.79 Å². The van der Waals surface area contributed by atoms with Crippen LogP contribution in [0.3, 0.4) is 0 Å². The predicted molar refractivity (Wildman–Crippen MR) is 140 cm³/mol. The zero-order valence-electron chi connectivity index (χ0n) is 20.2. The predicted octanol–water partition coefficient (Wildman–Crippen LogP) is 4.77. The number of nitrogens with zero attached hydrogens (tertiary/aromatic N) is 4. The first-order valence-electron chi connectivity index (χ1n) is 12.0. The molecular formula is C26H36ClN5O. The van der Waals surface area contributed by atoms with Crippen LogP contribution in [-0.4, -0.2) is 71.2 Å². The number of benzene rings is 2. The van der Waals surface area contributed by atoms with Crippen molar-refractivity contribution >= 4 is 34.8 Å². The highest BCUT2D eigenvalue weighted by Crippen LogP contribution is 2.41.